The monoisotopic (exact) mass is 322 g/mol. The van der Waals surface area contributed by atoms with Crippen LogP contribution in [0.1, 0.15) is 49.3 Å². The zero-order valence-corrected chi connectivity index (χ0v) is 14.7. The summed E-state index contributed by atoms with van der Waals surface area (Å²) < 4.78 is 0. The highest BCUT2D eigenvalue weighted by molar-refractivity contribution is 5.91. The molecule has 0 unspecified atom stereocenters. The molecular formula is C21H26N2O. The summed E-state index contributed by atoms with van der Waals surface area (Å²) in [6.45, 7) is 7.01. The molecule has 0 radical (unpaired) electrons. The number of para-hydroxylation sites is 1. The van der Waals surface area contributed by atoms with E-state index in [0.717, 1.165) is 24.1 Å². The number of amides is 2. The second kappa shape index (κ2) is 6.68. The van der Waals surface area contributed by atoms with Crippen molar-refractivity contribution in [2.75, 3.05) is 11.9 Å². The topological polar surface area (TPSA) is 41.1 Å². The molecule has 2 amide bonds. The van der Waals surface area contributed by atoms with Crippen LogP contribution < -0.4 is 10.6 Å². The van der Waals surface area contributed by atoms with E-state index in [0.29, 0.717) is 12.5 Å². The lowest BCUT2D eigenvalue weighted by atomic mass is 9.96. The van der Waals surface area contributed by atoms with Gasteiger partial charge >= 0.3 is 6.03 Å². The molecule has 1 saturated carbocycles. The molecule has 3 rings (SSSR count). The molecule has 0 heterocycles. The average Bonchev–Trinajstić information content (AvgIpc) is 3.37. The predicted octanol–water partition coefficient (Wildman–Crippen LogP) is 4.97. The van der Waals surface area contributed by atoms with E-state index in [1.807, 2.05) is 25.1 Å². The maximum atomic E-state index is 12.4. The van der Waals surface area contributed by atoms with Crippen LogP contribution in [0.5, 0.6) is 0 Å². The van der Waals surface area contributed by atoms with Gasteiger partial charge in [0.25, 0.3) is 0 Å². The van der Waals surface area contributed by atoms with E-state index in [9.17, 15) is 4.79 Å². The molecule has 0 aromatic heterocycles. The van der Waals surface area contributed by atoms with Crippen LogP contribution in [0, 0.1) is 6.92 Å². The smallest absolute Gasteiger partial charge is 0.319 e. The molecule has 0 atom stereocenters. The van der Waals surface area contributed by atoms with Gasteiger partial charge in [0.1, 0.15) is 0 Å². The molecule has 3 heteroatoms. The van der Waals surface area contributed by atoms with Crippen LogP contribution in [-0.2, 0) is 5.41 Å². The Kier molecular flexibility index (Phi) is 4.61. The Morgan fingerprint density at radius 2 is 1.79 bits per heavy atom. The molecule has 0 bridgehead atoms. The lowest BCUT2D eigenvalue weighted by Crippen LogP contribution is -2.35. The molecule has 0 spiro atoms. The quantitative estimate of drug-likeness (QED) is 0.801. The fourth-order valence-electron chi connectivity index (χ4n) is 3.26. The number of benzene rings is 2. The van der Waals surface area contributed by atoms with Crippen molar-refractivity contribution in [2.24, 2.45) is 0 Å². The van der Waals surface area contributed by atoms with Crippen LogP contribution in [0.2, 0.25) is 0 Å². The summed E-state index contributed by atoms with van der Waals surface area (Å²) in [5.74, 6) is 0.374. The van der Waals surface area contributed by atoms with Crippen molar-refractivity contribution in [1.82, 2.24) is 5.32 Å². The van der Waals surface area contributed by atoms with E-state index < -0.39 is 0 Å². The first-order valence-electron chi connectivity index (χ1n) is 8.72. The van der Waals surface area contributed by atoms with Gasteiger partial charge in [0, 0.05) is 17.6 Å². The Labute approximate surface area is 144 Å². The molecule has 2 aromatic carbocycles. The second-order valence-corrected chi connectivity index (χ2v) is 7.15. The van der Waals surface area contributed by atoms with Crippen molar-refractivity contribution in [3.63, 3.8) is 0 Å². The van der Waals surface area contributed by atoms with E-state index in [1.54, 1.807) is 0 Å². The maximum absolute atomic E-state index is 12.4. The van der Waals surface area contributed by atoms with Gasteiger partial charge in [0.2, 0.25) is 0 Å². The van der Waals surface area contributed by atoms with Crippen molar-refractivity contribution < 1.29 is 4.79 Å². The number of nitrogens with one attached hydrogen (secondary N) is 2. The number of aryl methyl sites for hydroxylation is 1. The average molecular weight is 322 g/mol. The number of carbonyl (C=O) groups excluding carboxylic acids is 1. The van der Waals surface area contributed by atoms with Crippen molar-refractivity contribution >= 4 is 11.7 Å². The molecule has 1 fully saturated rings. The Morgan fingerprint density at radius 1 is 1.08 bits per heavy atom. The number of rotatable bonds is 5. The summed E-state index contributed by atoms with van der Waals surface area (Å²) >= 11 is 0. The normalized spacial score (nSPS) is 15.2. The van der Waals surface area contributed by atoms with E-state index in [-0.39, 0.29) is 11.4 Å². The molecule has 2 N–H and O–H groups in total. The van der Waals surface area contributed by atoms with Crippen molar-refractivity contribution in [3.8, 4) is 0 Å². The third-order valence-corrected chi connectivity index (χ3v) is 4.99. The number of hydrogen-bond acceptors (Lipinski definition) is 1. The second-order valence-electron chi connectivity index (χ2n) is 7.15. The van der Waals surface area contributed by atoms with Gasteiger partial charge < -0.3 is 10.6 Å². The maximum Gasteiger partial charge on any atom is 0.319 e. The Morgan fingerprint density at radius 3 is 2.42 bits per heavy atom. The third-order valence-electron chi connectivity index (χ3n) is 4.99. The van der Waals surface area contributed by atoms with Gasteiger partial charge in [-0.1, -0.05) is 62.4 Å². The van der Waals surface area contributed by atoms with Crippen molar-refractivity contribution in [1.29, 1.82) is 0 Å². The Bertz CT molecular complexity index is 718. The molecule has 1 aliphatic rings. The summed E-state index contributed by atoms with van der Waals surface area (Å²) in [7, 11) is 0. The first kappa shape index (κ1) is 16.6. The van der Waals surface area contributed by atoms with Gasteiger partial charge in [0.15, 0.2) is 0 Å². The van der Waals surface area contributed by atoms with Crippen molar-refractivity contribution in [2.45, 2.75) is 44.9 Å². The molecular weight excluding hydrogens is 296 g/mol. The fourth-order valence-corrected chi connectivity index (χ4v) is 3.26. The van der Waals surface area contributed by atoms with Gasteiger partial charge in [-0.2, -0.15) is 0 Å². The molecule has 2 aromatic rings. The molecule has 126 valence electrons. The fraction of sp³-hybridized carbons (Fsp3) is 0.381. The summed E-state index contributed by atoms with van der Waals surface area (Å²) in [5, 5.41) is 6.14. The standard InChI is InChI=1S/C21H26N2O/c1-15(2)18-11-7-8-16(3)19(18)23-20(24)22-14-21(12-13-21)17-9-5-4-6-10-17/h4-11,15H,12-14H2,1-3H3,(H2,22,23,24). The largest absolute Gasteiger partial charge is 0.337 e. The minimum absolute atomic E-state index is 0.117. The third kappa shape index (κ3) is 3.45. The first-order chi connectivity index (χ1) is 11.5. The van der Waals surface area contributed by atoms with Gasteiger partial charge in [0.05, 0.1) is 0 Å². The first-order valence-corrected chi connectivity index (χ1v) is 8.72. The van der Waals surface area contributed by atoms with Crippen LogP contribution >= 0.6 is 0 Å². The van der Waals surface area contributed by atoms with E-state index in [1.165, 1.54) is 11.1 Å². The summed E-state index contributed by atoms with van der Waals surface area (Å²) in [5.41, 5.74) is 4.67. The summed E-state index contributed by atoms with van der Waals surface area (Å²) in [4.78, 5) is 12.4. The van der Waals surface area contributed by atoms with Gasteiger partial charge in [-0.25, -0.2) is 4.79 Å². The zero-order valence-electron chi connectivity index (χ0n) is 14.7. The predicted molar refractivity (Wildman–Crippen MR) is 99.6 cm³/mol. The highest BCUT2D eigenvalue weighted by Crippen LogP contribution is 2.47. The number of anilines is 1. The lowest BCUT2D eigenvalue weighted by molar-refractivity contribution is 0.251. The number of urea groups is 1. The van der Waals surface area contributed by atoms with Crippen molar-refractivity contribution in [3.05, 3.63) is 65.2 Å². The zero-order chi connectivity index (χ0) is 17.2. The molecule has 0 aliphatic heterocycles. The molecule has 24 heavy (non-hydrogen) atoms. The van der Waals surface area contributed by atoms with Crippen LogP contribution in [0.3, 0.4) is 0 Å². The van der Waals surface area contributed by atoms with Crippen LogP contribution in [0.25, 0.3) is 0 Å². The van der Waals surface area contributed by atoms with E-state index in [2.05, 4.69) is 54.8 Å². The summed E-state index contributed by atoms with van der Waals surface area (Å²) in [6, 6.07) is 16.5. The number of carbonyl (C=O) groups is 1. The van der Waals surface area contributed by atoms with Gasteiger partial charge in [-0.05, 0) is 42.4 Å². The Hall–Kier alpha value is -2.29. The minimum Gasteiger partial charge on any atom is -0.337 e. The van der Waals surface area contributed by atoms with E-state index >= 15 is 0 Å². The van der Waals surface area contributed by atoms with Crippen LogP contribution in [0.15, 0.2) is 48.5 Å². The highest BCUT2D eigenvalue weighted by atomic mass is 16.2. The van der Waals surface area contributed by atoms with E-state index in [4.69, 9.17) is 0 Å². The molecule has 3 nitrogen and oxygen atoms in total. The van der Waals surface area contributed by atoms with Crippen LogP contribution in [0.4, 0.5) is 10.5 Å². The minimum atomic E-state index is -0.117. The number of hydrogen-bond donors (Lipinski definition) is 2. The summed E-state index contributed by atoms with van der Waals surface area (Å²) in [6.07, 6.45) is 2.28. The van der Waals surface area contributed by atoms with Gasteiger partial charge in [-0.3, -0.25) is 0 Å². The molecule has 1 aliphatic carbocycles. The van der Waals surface area contributed by atoms with Gasteiger partial charge in [-0.15, -0.1) is 0 Å². The molecule has 0 saturated heterocycles. The highest BCUT2D eigenvalue weighted by Gasteiger charge is 2.44. The Balaban J connectivity index is 1.65. The van der Waals surface area contributed by atoms with Crippen LogP contribution in [-0.4, -0.2) is 12.6 Å². The lowest BCUT2D eigenvalue weighted by Gasteiger charge is -2.19. The SMILES string of the molecule is Cc1cccc(C(C)C)c1NC(=O)NCC1(c2ccccc2)CC1.